The molecule has 0 aromatic carbocycles. The van der Waals surface area contributed by atoms with Crippen molar-refractivity contribution in [3.8, 4) is 0 Å². The number of carbonyl (C=O) groups is 1. The molecular formula is C10H14CaNO3+. The molecule has 4 nitrogen and oxygen atoms in total. The monoisotopic (exact) mass is 236 g/mol. The molecule has 2 N–H and O–H groups in total. The third-order valence-electron chi connectivity index (χ3n) is 1.85. The van der Waals surface area contributed by atoms with Gasteiger partial charge in [0.1, 0.15) is 0 Å². The topological polar surface area (TPSA) is 84.5 Å². The second kappa shape index (κ2) is 9.09. The van der Waals surface area contributed by atoms with Crippen molar-refractivity contribution in [1.82, 2.24) is 4.98 Å². The Morgan fingerprint density at radius 3 is 2.53 bits per heavy atom. The van der Waals surface area contributed by atoms with Crippen molar-refractivity contribution in [2.24, 2.45) is 0 Å². The van der Waals surface area contributed by atoms with Crippen molar-refractivity contribution in [2.75, 3.05) is 0 Å². The number of aromatic nitrogens is 1. The van der Waals surface area contributed by atoms with Crippen LogP contribution in [0.25, 0.3) is 0 Å². The van der Waals surface area contributed by atoms with Crippen molar-refractivity contribution in [3.63, 3.8) is 0 Å². The van der Waals surface area contributed by atoms with Crippen LogP contribution in [0.2, 0.25) is 0 Å². The second-order valence-corrected chi connectivity index (χ2v) is 2.94. The molecule has 1 aromatic rings. The Bertz CT molecular complexity index is 287. The number of pyridine rings is 1. The minimum Gasteiger partial charge on any atom is -0.543 e. The molecule has 0 aliphatic heterocycles. The normalized spacial score (nSPS) is 8.60. The molecule has 15 heavy (non-hydrogen) atoms. The summed E-state index contributed by atoms with van der Waals surface area (Å²) >= 11 is 0. The molecule has 0 amide bonds. The maximum absolute atomic E-state index is 10.4. The van der Waals surface area contributed by atoms with Crippen molar-refractivity contribution >= 4 is 43.7 Å². The number of hydrogen-bond acceptors (Lipinski definition) is 3. The van der Waals surface area contributed by atoms with Gasteiger partial charge in [0.05, 0.1) is 11.7 Å². The van der Waals surface area contributed by atoms with E-state index in [9.17, 15) is 9.90 Å². The fourth-order valence-electron chi connectivity index (χ4n) is 1.07. The van der Waals surface area contributed by atoms with Gasteiger partial charge in [0.15, 0.2) is 0 Å². The van der Waals surface area contributed by atoms with Gasteiger partial charge in [-0.1, -0.05) is 19.4 Å². The van der Waals surface area contributed by atoms with E-state index in [2.05, 4.69) is 11.9 Å². The number of aromatic carboxylic acids is 1. The van der Waals surface area contributed by atoms with E-state index >= 15 is 0 Å². The quantitative estimate of drug-likeness (QED) is 0.666. The van der Waals surface area contributed by atoms with Crippen LogP contribution in [0.1, 0.15) is 35.8 Å². The zero-order chi connectivity index (χ0) is 9.68. The summed E-state index contributed by atoms with van der Waals surface area (Å²) in [6, 6.07) is 3.27. The van der Waals surface area contributed by atoms with E-state index in [-0.39, 0.29) is 48.9 Å². The van der Waals surface area contributed by atoms with Gasteiger partial charge in [0.25, 0.3) is 0 Å². The fraction of sp³-hybridized carbons (Fsp3) is 0.400. The fourth-order valence-corrected chi connectivity index (χ4v) is 1.07. The number of carboxylic acids is 1. The van der Waals surface area contributed by atoms with Crippen LogP contribution in [0, 0.1) is 0 Å². The van der Waals surface area contributed by atoms with Crippen LogP contribution in [0.3, 0.4) is 0 Å². The largest absolute Gasteiger partial charge is 2.00 e. The first kappa shape index (κ1) is 17.2. The Balaban J connectivity index is 0. The second-order valence-electron chi connectivity index (χ2n) is 2.94. The third-order valence-corrected chi connectivity index (χ3v) is 1.85. The van der Waals surface area contributed by atoms with Crippen molar-refractivity contribution < 1.29 is 15.4 Å². The summed E-state index contributed by atoms with van der Waals surface area (Å²) in [5, 5.41) is 10.4. The Morgan fingerprint density at radius 1 is 1.47 bits per heavy atom. The van der Waals surface area contributed by atoms with Gasteiger partial charge in [0, 0.05) is 6.20 Å². The van der Waals surface area contributed by atoms with Gasteiger partial charge < -0.3 is 15.4 Å². The molecule has 1 heterocycles. The standard InChI is InChI=1S/C10H13NO2.Ca.H2O/c1-2-3-4-8-5-6-9(10(12)13)11-7-8;;/h5-7H,2-4H2,1H3,(H,12,13);;1H2/q;+2;/p-1. The molecule has 5 heteroatoms. The van der Waals surface area contributed by atoms with Crippen LogP contribution in [-0.4, -0.2) is 54.2 Å². The van der Waals surface area contributed by atoms with Gasteiger partial charge in [-0.15, -0.1) is 0 Å². The third kappa shape index (κ3) is 6.10. The van der Waals surface area contributed by atoms with E-state index in [1.165, 1.54) is 6.07 Å². The molecule has 0 fully saturated rings. The molecule has 0 saturated carbocycles. The summed E-state index contributed by atoms with van der Waals surface area (Å²) < 4.78 is 0. The molecule has 0 aliphatic rings. The number of carboxylic acid groups (broad SMARTS) is 1. The van der Waals surface area contributed by atoms with Crippen molar-refractivity contribution in [1.29, 1.82) is 0 Å². The molecule has 78 valence electrons. The summed E-state index contributed by atoms with van der Waals surface area (Å²) in [5.74, 6) is -1.22. The number of hydrogen-bond donors (Lipinski definition) is 0. The maximum Gasteiger partial charge on any atom is 2.00 e. The molecule has 0 bridgehead atoms. The zero-order valence-corrected chi connectivity index (χ0v) is 11.0. The van der Waals surface area contributed by atoms with Crippen LogP contribution < -0.4 is 5.11 Å². The molecule has 0 unspecified atom stereocenters. The minimum absolute atomic E-state index is 0. The average molecular weight is 236 g/mol. The molecule has 0 atom stereocenters. The van der Waals surface area contributed by atoms with E-state index in [0.29, 0.717) is 0 Å². The first-order valence-corrected chi connectivity index (χ1v) is 4.40. The molecule has 0 saturated heterocycles. The molecule has 1 aromatic heterocycles. The Morgan fingerprint density at radius 2 is 2.13 bits per heavy atom. The first-order valence-electron chi connectivity index (χ1n) is 4.40. The Hall–Kier alpha value is -0.160. The molecule has 1 rings (SSSR count). The Kier molecular flexibility index (Phi) is 10.5. The van der Waals surface area contributed by atoms with Crippen LogP contribution in [0.4, 0.5) is 0 Å². The van der Waals surface area contributed by atoms with E-state index < -0.39 is 5.97 Å². The minimum atomic E-state index is -1.22. The summed E-state index contributed by atoms with van der Waals surface area (Å²) in [6.45, 7) is 2.11. The molecule has 0 spiro atoms. The maximum atomic E-state index is 10.4. The first-order chi connectivity index (χ1) is 6.24. The average Bonchev–Trinajstić information content (AvgIpc) is 2.15. The van der Waals surface area contributed by atoms with E-state index in [0.717, 1.165) is 24.8 Å². The molecule has 0 aliphatic carbocycles. The van der Waals surface area contributed by atoms with E-state index in [1.54, 1.807) is 12.3 Å². The van der Waals surface area contributed by atoms with Gasteiger partial charge in [-0.3, -0.25) is 4.98 Å². The van der Waals surface area contributed by atoms with Gasteiger partial charge in [-0.2, -0.15) is 0 Å². The summed E-state index contributed by atoms with van der Waals surface area (Å²) in [4.78, 5) is 14.1. The SMILES string of the molecule is CCCCc1ccc(C(=O)[O-])nc1.O.[Ca+2]. The number of carbonyl (C=O) groups excluding carboxylic acids is 1. The van der Waals surface area contributed by atoms with E-state index in [4.69, 9.17) is 0 Å². The van der Waals surface area contributed by atoms with Crippen molar-refractivity contribution in [2.45, 2.75) is 26.2 Å². The van der Waals surface area contributed by atoms with Crippen molar-refractivity contribution in [3.05, 3.63) is 29.6 Å². The summed E-state index contributed by atoms with van der Waals surface area (Å²) in [6.07, 6.45) is 4.78. The molecular weight excluding hydrogens is 222 g/mol. The number of unbranched alkanes of at least 4 members (excludes halogenated alkanes) is 1. The van der Waals surface area contributed by atoms with Gasteiger partial charge in [0.2, 0.25) is 0 Å². The molecule has 0 radical (unpaired) electrons. The van der Waals surface area contributed by atoms with Gasteiger partial charge in [-0.25, -0.2) is 0 Å². The summed E-state index contributed by atoms with van der Waals surface area (Å²) in [7, 11) is 0. The van der Waals surface area contributed by atoms with Gasteiger partial charge in [-0.05, 0) is 24.5 Å². The van der Waals surface area contributed by atoms with Crippen LogP contribution >= 0.6 is 0 Å². The van der Waals surface area contributed by atoms with Crippen LogP contribution in [0.15, 0.2) is 18.3 Å². The van der Waals surface area contributed by atoms with E-state index in [1.807, 2.05) is 0 Å². The predicted octanol–water partition coefficient (Wildman–Crippen LogP) is -0.418. The summed E-state index contributed by atoms with van der Waals surface area (Å²) in [5.41, 5.74) is 1.08. The van der Waals surface area contributed by atoms with Gasteiger partial charge >= 0.3 is 37.7 Å². The Labute approximate surface area is 119 Å². The van der Waals surface area contributed by atoms with Crippen LogP contribution in [0.5, 0.6) is 0 Å². The zero-order valence-electron chi connectivity index (χ0n) is 8.82. The van der Waals surface area contributed by atoms with Crippen LogP contribution in [-0.2, 0) is 6.42 Å². The smallest absolute Gasteiger partial charge is 0.543 e. The number of aryl methyl sites for hydroxylation is 1. The number of rotatable bonds is 4. The predicted molar refractivity (Wildman–Crippen MR) is 56.5 cm³/mol. The number of nitrogens with zero attached hydrogens (tertiary/aromatic N) is 1.